The fraction of sp³-hybridized carbons (Fsp3) is 0.0714. The lowest BCUT2D eigenvalue weighted by atomic mass is 10.2. The number of H-pyrrole nitrogens is 1. The van der Waals surface area contributed by atoms with Crippen LogP contribution in [0.1, 0.15) is 10.4 Å². The molecule has 21 heavy (non-hydrogen) atoms. The Bertz CT molecular complexity index is 898. The van der Waals surface area contributed by atoms with E-state index in [1.807, 2.05) is 24.3 Å². The number of carbonyl (C=O) groups excluding carboxylic acids is 1. The standard InChI is InChI=1S/C14H10BrN3O3/c1-21-14(20)8-6-11-13(19)16-12(17-18(11)7-8)9-4-2-3-5-10(9)15/h2-7H,1H3,(H,16,17,19). The van der Waals surface area contributed by atoms with Gasteiger partial charge in [0.15, 0.2) is 5.82 Å². The van der Waals surface area contributed by atoms with Crippen molar-refractivity contribution >= 4 is 27.4 Å². The van der Waals surface area contributed by atoms with Crippen LogP contribution in [0.25, 0.3) is 16.9 Å². The zero-order valence-corrected chi connectivity index (χ0v) is 12.5. The number of methoxy groups -OCH3 is 1. The number of hydrogen-bond acceptors (Lipinski definition) is 4. The summed E-state index contributed by atoms with van der Waals surface area (Å²) >= 11 is 3.42. The zero-order valence-electron chi connectivity index (χ0n) is 11.0. The first kappa shape index (κ1) is 13.6. The van der Waals surface area contributed by atoms with Gasteiger partial charge < -0.3 is 9.72 Å². The molecule has 0 atom stereocenters. The molecule has 0 spiro atoms. The van der Waals surface area contributed by atoms with E-state index in [0.717, 1.165) is 10.0 Å². The number of hydrogen-bond donors (Lipinski definition) is 1. The zero-order chi connectivity index (χ0) is 15.0. The van der Waals surface area contributed by atoms with Crippen LogP contribution in [0.5, 0.6) is 0 Å². The summed E-state index contributed by atoms with van der Waals surface area (Å²) in [7, 11) is 1.29. The van der Waals surface area contributed by atoms with Crippen molar-refractivity contribution in [2.24, 2.45) is 0 Å². The van der Waals surface area contributed by atoms with Crippen LogP contribution in [0.4, 0.5) is 0 Å². The van der Waals surface area contributed by atoms with Crippen molar-refractivity contribution in [3.63, 3.8) is 0 Å². The number of aromatic nitrogens is 3. The van der Waals surface area contributed by atoms with Crippen LogP contribution in [-0.4, -0.2) is 27.7 Å². The Morgan fingerprint density at radius 1 is 1.38 bits per heavy atom. The molecule has 0 unspecified atom stereocenters. The first-order chi connectivity index (χ1) is 10.1. The van der Waals surface area contributed by atoms with Crippen molar-refractivity contribution in [3.8, 4) is 11.4 Å². The van der Waals surface area contributed by atoms with E-state index in [-0.39, 0.29) is 16.6 Å². The van der Waals surface area contributed by atoms with E-state index in [1.54, 1.807) is 0 Å². The number of ether oxygens (including phenoxy) is 1. The number of esters is 1. The largest absolute Gasteiger partial charge is 0.465 e. The average Bonchev–Trinajstić information content (AvgIpc) is 2.91. The minimum Gasteiger partial charge on any atom is -0.465 e. The molecule has 0 bridgehead atoms. The second-order valence-electron chi connectivity index (χ2n) is 4.33. The number of aromatic amines is 1. The van der Waals surface area contributed by atoms with Gasteiger partial charge in [-0.3, -0.25) is 4.79 Å². The van der Waals surface area contributed by atoms with E-state index in [0.29, 0.717) is 5.82 Å². The topological polar surface area (TPSA) is 76.5 Å². The quantitative estimate of drug-likeness (QED) is 0.721. The van der Waals surface area contributed by atoms with Crippen LogP contribution in [-0.2, 0) is 4.74 Å². The number of carbonyl (C=O) groups is 1. The lowest BCUT2D eigenvalue weighted by molar-refractivity contribution is 0.0601. The molecule has 0 saturated carbocycles. The smallest absolute Gasteiger partial charge is 0.339 e. The SMILES string of the molecule is COC(=O)c1cc2c(=O)[nH]c(-c3ccccc3Br)nn2c1. The number of nitrogens with zero attached hydrogens (tertiary/aromatic N) is 2. The fourth-order valence-electron chi connectivity index (χ4n) is 2.01. The molecule has 0 fully saturated rings. The Balaban J connectivity index is 2.22. The van der Waals surface area contributed by atoms with Crippen LogP contribution in [0.3, 0.4) is 0 Å². The summed E-state index contributed by atoms with van der Waals surface area (Å²) in [5.41, 5.74) is 0.988. The van der Waals surface area contributed by atoms with Gasteiger partial charge in [-0.05, 0) is 12.1 Å². The molecule has 2 heterocycles. The van der Waals surface area contributed by atoms with Crippen molar-refractivity contribution in [2.45, 2.75) is 0 Å². The lowest BCUT2D eigenvalue weighted by Gasteiger charge is -2.03. The molecule has 0 aliphatic carbocycles. The summed E-state index contributed by atoms with van der Waals surface area (Å²) in [5, 5.41) is 4.33. The molecule has 3 aromatic rings. The van der Waals surface area contributed by atoms with Crippen LogP contribution in [0.2, 0.25) is 0 Å². The fourth-order valence-corrected chi connectivity index (χ4v) is 2.49. The van der Waals surface area contributed by atoms with Crippen molar-refractivity contribution < 1.29 is 9.53 Å². The molecular formula is C14H10BrN3O3. The number of halogens is 1. The van der Waals surface area contributed by atoms with Gasteiger partial charge in [-0.1, -0.05) is 34.1 Å². The first-order valence-corrected chi connectivity index (χ1v) is 6.85. The van der Waals surface area contributed by atoms with Gasteiger partial charge in [0.1, 0.15) is 5.52 Å². The number of nitrogens with one attached hydrogen (secondary N) is 1. The molecule has 0 aliphatic rings. The molecular weight excluding hydrogens is 338 g/mol. The van der Waals surface area contributed by atoms with E-state index >= 15 is 0 Å². The third-order valence-corrected chi connectivity index (χ3v) is 3.71. The van der Waals surface area contributed by atoms with Crippen molar-refractivity contribution in [2.75, 3.05) is 7.11 Å². The highest BCUT2D eigenvalue weighted by Crippen LogP contribution is 2.24. The molecule has 0 aliphatic heterocycles. The second-order valence-corrected chi connectivity index (χ2v) is 5.19. The van der Waals surface area contributed by atoms with E-state index in [2.05, 4.69) is 30.7 Å². The number of rotatable bonds is 2. The van der Waals surface area contributed by atoms with Gasteiger partial charge in [0.25, 0.3) is 5.56 Å². The maximum atomic E-state index is 12.1. The monoisotopic (exact) mass is 347 g/mol. The summed E-state index contributed by atoms with van der Waals surface area (Å²) in [5.74, 6) is -0.102. The third kappa shape index (κ3) is 2.36. The summed E-state index contributed by atoms with van der Waals surface area (Å²) in [6, 6.07) is 8.85. The van der Waals surface area contributed by atoms with Gasteiger partial charge in [-0.15, -0.1) is 5.10 Å². The molecule has 1 N–H and O–H groups in total. The molecule has 3 rings (SSSR count). The second kappa shape index (κ2) is 5.17. The molecule has 0 amide bonds. The normalized spacial score (nSPS) is 10.8. The van der Waals surface area contributed by atoms with E-state index in [4.69, 9.17) is 0 Å². The van der Waals surface area contributed by atoms with Crippen molar-refractivity contribution in [3.05, 3.63) is 56.9 Å². The predicted octanol–water partition coefficient (Wildman–Crippen LogP) is 2.24. The van der Waals surface area contributed by atoms with E-state index in [9.17, 15) is 9.59 Å². The first-order valence-electron chi connectivity index (χ1n) is 6.06. The van der Waals surface area contributed by atoms with Crippen LogP contribution in [0.15, 0.2) is 45.8 Å². The summed E-state index contributed by atoms with van der Waals surface area (Å²) < 4.78 is 6.83. The Morgan fingerprint density at radius 3 is 2.86 bits per heavy atom. The maximum absolute atomic E-state index is 12.1. The molecule has 7 heteroatoms. The minimum absolute atomic E-state index is 0.278. The van der Waals surface area contributed by atoms with E-state index in [1.165, 1.54) is 23.9 Å². The molecule has 1 aromatic carbocycles. The Morgan fingerprint density at radius 2 is 2.14 bits per heavy atom. The highest BCUT2D eigenvalue weighted by Gasteiger charge is 2.13. The number of fused-ring (bicyclic) bond motifs is 1. The number of benzene rings is 1. The van der Waals surface area contributed by atoms with E-state index < -0.39 is 5.97 Å². The van der Waals surface area contributed by atoms with Gasteiger partial charge in [-0.2, -0.15) is 0 Å². The van der Waals surface area contributed by atoms with Gasteiger partial charge in [0.05, 0.1) is 12.7 Å². The van der Waals surface area contributed by atoms with Gasteiger partial charge in [0.2, 0.25) is 0 Å². The third-order valence-electron chi connectivity index (χ3n) is 3.02. The van der Waals surface area contributed by atoms with Gasteiger partial charge >= 0.3 is 5.97 Å². The van der Waals surface area contributed by atoms with Crippen LogP contribution >= 0.6 is 15.9 Å². The highest BCUT2D eigenvalue weighted by atomic mass is 79.9. The Hall–Kier alpha value is -2.41. The average molecular weight is 348 g/mol. The molecule has 0 saturated heterocycles. The van der Waals surface area contributed by atoms with Crippen molar-refractivity contribution in [1.29, 1.82) is 0 Å². The van der Waals surface area contributed by atoms with Gasteiger partial charge in [0, 0.05) is 16.2 Å². The summed E-state index contributed by atoms with van der Waals surface area (Å²) in [4.78, 5) is 26.4. The van der Waals surface area contributed by atoms with Crippen molar-refractivity contribution in [1.82, 2.24) is 14.6 Å². The van der Waals surface area contributed by atoms with Crippen LogP contribution in [0, 0.1) is 0 Å². The van der Waals surface area contributed by atoms with Gasteiger partial charge in [-0.25, -0.2) is 9.31 Å². The highest BCUT2D eigenvalue weighted by molar-refractivity contribution is 9.10. The Kier molecular flexibility index (Phi) is 3.34. The lowest BCUT2D eigenvalue weighted by Crippen LogP contribution is -2.13. The molecule has 106 valence electrons. The molecule has 2 aromatic heterocycles. The molecule has 0 radical (unpaired) electrons. The van der Waals surface area contributed by atoms with Crippen LogP contribution < -0.4 is 5.56 Å². The molecule has 6 nitrogen and oxygen atoms in total. The maximum Gasteiger partial charge on any atom is 0.339 e. The Labute approximate surface area is 127 Å². The minimum atomic E-state index is -0.512. The summed E-state index contributed by atoms with van der Waals surface area (Å²) in [6.07, 6.45) is 1.47. The summed E-state index contributed by atoms with van der Waals surface area (Å²) in [6.45, 7) is 0. The predicted molar refractivity (Wildman–Crippen MR) is 80.3 cm³/mol.